The second kappa shape index (κ2) is 5.81. The Labute approximate surface area is 136 Å². The smallest absolute Gasteiger partial charge is 0.280 e. The van der Waals surface area contributed by atoms with Gasteiger partial charge in [0.1, 0.15) is 5.82 Å². The fourth-order valence-corrected chi connectivity index (χ4v) is 3.42. The highest BCUT2D eigenvalue weighted by molar-refractivity contribution is 7.17. The average Bonchev–Trinajstić information content (AvgIpc) is 2.89. The fraction of sp³-hybridized carbons (Fsp3) is 0.0588. The Morgan fingerprint density at radius 3 is 2.61 bits per heavy atom. The molecule has 23 heavy (non-hydrogen) atoms. The summed E-state index contributed by atoms with van der Waals surface area (Å²) in [4.78, 5) is 15.5. The van der Waals surface area contributed by atoms with E-state index in [1.165, 1.54) is 12.1 Å². The van der Waals surface area contributed by atoms with Crippen molar-refractivity contribution in [1.82, 2.24) is 0 Å². The number of benzene rings is 2. The van der Waals surface area contributed by atoms with Crippen LogP contribution in [0, 0.1) is 12.7 Å². The summed E-state index contributed by atoms with van der Waals surface area (Å²) in [5.74, 6) is -1.02. The van der Waals surface area contributed by atoms with Gasteiger partial charge in [0.2, 0.25) is 0 Å². The number of carbonyl (C=O) groups excluding carboxylic acids is 1. The van der Waals surface area contributed by atoms with Crippen LogP contribution in [0.1, 0.15) is 15.9 Å². The standard InChI is InChI=1S/C17H14FN3OS/c1-9-6-11(18)3-4-12(9)14-8-23-15-5-2-10(7-13(14)15)16(22)21-17(19)20/h2-8H,1H3,(H4,19,20,21,22). The third kappa shape index (κ3) is 2.93. The maximum absolute atomic E-state index is 13.3. The molecule has 6 heteroatoms. The zero-order chi connectivity index (χ0) is 16.6. The molecule has 0 aliphatic heterocycles. The minimum atomic E-state index is -0.486. The molecule has 116 valence electrons. The van der Waals surface area contributed by atoms with Gasteiger partial charge >= 0.3 is 0 Å². The highest BCUT2D eigenvalue weighted by Crippen LogP contribution is 2.36. The van der Waals surface area contributed by atoms with Crippen LogP contribution in [0.3, 0.4) is 0 Å². The first-order valence-electron chi connectivity index (χ1n) is 6.87. The fourth-order valence-electron chi connectivity index (χ4n) is 2.48. The predicted molar refractivity (Wildman–Crippen MR) is 92.1 cm³/mol. The van der Waals surface area contributed by atoms with Crippen molar-refractivity contribution in [3.8, 4) is 11.1 Å². The number of nitrogens with two attached hydrogens (primary N) is 2. The number of guanidine groups is 1. The van der Waals surface area contributed by atoms with Gasteiger partial charge in [-0.05, 0) is 53.8 Å². The summed E-state index contributed by atoms with van der Waals surface area (Å²) in [5, 5.41) is 2.92. The van der Waals surface area contributed by atoms with Crippen molar-refractivity contribution in [3.63, 3.8) is 0 Å². The molecular weight excluding hydrogens is 313 g/mol. The van der Waals surface area contributed by atoms with E-state index in [1.54, 1.807) is 29.5 Å². The van der Waals surface area contributed by atoms with Gasteiger partial charge in [0.05, 0.1) is 0 Å². The molecule has 3 rings (SSSR count). The molecule has 2 aromatic carbocycles. The molecule has 1 heterocycles. The minimum absolute atomic E-state index is 0.269. The third-order valence-corrected chi connectivity index (χ3v) is 4.49. The van der Waals surface area contributed by atoms with Gasteiger partial charge in [0.25, 0.3) is 5.91 Å². The average molecular weight is 327 g/mol. The summed E-state index contributed by atoms with van der Waals surface area (Å²) >= 11 is 1.57. The van der Waals surface area contributed by atoms with Gasteiger partial charge in [-0.25, -0.2) is 4.39 Å². The van der Waals surface area contributed by atoms with E-state index >= 15 is 0 Å². The first-order chi connectivity index (χ1) is 11.0. The van der Waals surface area contributed by atoms with E-state index in [0.717, 1.165) is 26.8 Å². The molecule has 0 saturated heterocycles. The highest BCUT2D eigenvalue weighted by atomic mass is 32.1. The van der Waals surface area contributed by atoms with Gasteiger partial charge in [-0.2, -0.15) is 4.99 Å². The molecule has 0 aliphatic carbocycles. The lowest BCUT2D eigenvalue weighted by molar-refractivity contribution is 0.100. The van der Waals surface area contributed by atoms with Gasteiger partial charge in [0, 0.05) is 21.2 Å². The van der Waals surface area contributed by atoms with Crippen LogP contribution < -0.4 is 11.5 Å². The Kier molecular flexibility index (Phi) is 3.83. The Balaban J connectivity index is 2.15. The van der Waals surface area contributed by atoms with E-state index in [0.29, 0.717) is 5.56 Å². The van der Waals surface area contributed by atoms with Crippen molar-refractivity contribution in [3.05, 3.63) is 58.7 Å². The van der Waals surface area contributed by atoms with E-state index in [4.69, 9.17) is 11.5 Å². The summed E-state index contributed by atoms with van der Waals surface area (Å²) in [5.41, 5.74) is 13.6. The molecule has 1 amide bonds. The zero-order valence-electron chi connectivity index (χ0n) is 12.3. The number of aliphatic imine (C=N–C) groups is 1. The van der Waals surface area contributed by atoms with Crippen LogP contribution in [0.15, 0.2) is 46.8 Å². The molecule has 0 aliphatic rings. The van der Waals surface area contributed by atoms with Gasteiger partial charge in [-0.1, -0.05) is 6.07 Å². The van der Waals surface area contributed by atoms with E-state index in [9.17, 15) is 9.18 Å². The van der Waals surface area contributed by atoms with Crippen molar-refractivity contribution in [2.45, 2.75) is 6.92 Å². The van der Waals surface area contributed by atoms with Crippen LogP contribution in [0.4, 0.5) is 4.39 Å². The van der Waals surface area contributed by atoms with Crippen molar-refractivity contribution in [2.24, 2.45) is 16.5 Å². The molecular formula is C17H14FN3OS. The topological polar surface area (TPSA) is 81.5 Å². The summed E-state index contributed by atoms with van der Waals surface area (Å²) in [6.07, 6.45) is 0. The first kappa shape index (κ1) is 15.2. The normalized spacial score (nSPS) is 10.7. The molecule has 4 nitrogen and oxygen atoms in total. The van der Waals surface area contributed by atoms with Gasteiger partial charge < -0.3 is 11.5 Å². The quantitative estimate of drug-likeness (QED) is 0.559. The monoisotopic (exact) mass is 327 g/mol. The number of rotatable bonds is 2. The molecule has 3 aromatic rings. The van der Waals surface area contributed by atoms with E-state index in [2.05, 4.69) is 4.99 Å². The lowest BCUT2D eigenvalue weighted by atomic mass is 9.99. The maximum Gasteiger partial charge on any atom is 0.280 e. The molecule has 1 aromatic heterocycles. The number of carbonyl (C=O) groups is 1. The van der Waals surface area contributed by atoms with Crippen molar-refractivity contribution >= 4 is 33.3 Å². The zero-order valence-corrected chi connectivity index (χ0v) is 13.2. The molecule has 0 unspecified atom stereocenters. The van der Waals surface area contributed by atoms with Crippen molar-refractivity contribution in [2.75, 3.05) is 0 Å². The number of fused-ring (bicyclic) bond motifs is 1. The minimum Gasteiger partial charge on any atom is -0.370 e. The van der Waals surface area contributed by atoms with Crippen LogP contribution in [-0.2, 0) is 0 Å². The van der Waals surface area contributed by atoms with Gasteiger partial charge in [0.15, 0.2) is 5.96 Å². The number of amides is 1. The molecule has 0 radical (unpaired) electrons. The number of aryl methyl sites for hydroxylation is 1. The van der Waals surface area contributed by atoms with Crippen LogP contribution in [0.2, 0.25) is 0 Å². The second-order valence-corrected chi connectivity index (χ2v) is 6.07. The number of halogens is 1. The number of hydrogen-bond acceptors (Lipinski definition) is 2. The van der Waals surface area contributed by atoms with Crippen LogP contribution in [0.25, 0.3) is 21.2 Å². The van der Waals surface area contributed by atoms with Crippen LogP contribution in [-0.4, -0.2) is 11.9 Å². The largest absolute Gasteiger partial charge is 0.370 e. The summed E-state index contributed by atoms with van der Waals surface area (Å²) in [7, 11) is 0. The summed E-state index contributed by atoms with van der Waals surface area (Å²) in [6.45, 7) is 1.86. The van der Waals surface area contributed by atoms with Crippen molar-refractivity contribution < 1.29 is 9.18 Å². The highest BCUT2D eigenvalue weighted by Gasteiger charge is 2.12. The van der Waals surface area contributed by atoms with Gasteiger partial charge in [-0.3, -0.25) is 4.79 Å². The Hall–Kier alpha value is -2.73. The first-order valence-corrected chi connectivity index (χ1v) is 7.75. The van der Waals surface area contributed by atoms with E-state index in [1.807, 2.05) is 18.4 Å². The number of thiophene rings is 1. The van der Waals surface area contributed by atoms with E-state index < -0.39 is 5.91 Å². The van der Waals surface area contributed by atoms with Gasteiger partial charge in [-0.15, -0.1) is 11.3 Å². The molecule has 0 saturated carbocycles. The maximum atomic E-state index is 13.3. The Morgan fingerprint density at radius 1 is 1.13 bits per heavy atom. The molecule has 4 N–H and O–H groups in total. The van der Waals surface area contributed by atoms with Crippen molar-refractivity contribution in [1.29, 1.82) is 0 Å². The summed E-state index contributed by atoms with van der Waals surface area (Å²) < 4.78 is 14.3. The van der Waals surface area contributed by atoms with Crippen LogP contribution >= 0.6 is 11.3 Å². The lowest BCUT2D eigenvalue weighted by Gasteiger charge is -2.05. The number of nitrogens with zero attached hydrogens (tertiary/aromatic N) is 1. The molecule has 0 atom stereocenters. The second-order valence-electron chi connectivity index (χ2n) is 5.16. The van der Waals surface area contributed by atoms with Crippen LogP contribution in [0.5, 0.6) is 0 Å². The van der Waals surface area contributed by atoms with E-state index in [-0.39, 0.29) is 11.8 Å². The summed E-state index contributed by atoms with van der Waals surface area (Å²) in [6, 6.07) is 9.98. The third-order valence-electron chi connectivity index (χ3n) is 3.53. The molecule has 0 bridgehead atoms. The molecule has 0 fully saturated rings. The SMILES string of the molecule is Cc1cc(F)ccc1-c1csc2ccc(C(=O)N=C(N)N)cc12. The Morgan fingerprint density at radius 2 is 1.91 bits per heavy atom. The molecule has 0 spiro atoms. The Bertz CT molecular complexity index is 942. The lowest BCUT2D eigenvalue weighted by Crippen LogP contribution is -2.24. The number of hydrogen-bond donors (Lipinski definition) is 2. The predicted octanol–water partition coefficient (Wildman–Crippen LogP) is 3.43.